The third kappa shape index (κ3) is 5.46. The Morgan fingerprint density at radius 3 is 2.71 bits per heavy atom. The molecule has 0 radical (unpaired) electrons. The highest BCUT2D eigenvalue weighted by Gasteiger charge is 2.59. The predicted octanol–water partition coefficient (Wildman–Crippen LogP) is 3.76. The lowest BCUT2D eigenvalue weighted by molar-refractivity contribution is -0.169. The minimum atomic E-state index is -0.743. The molecule has 4 heterocycles. The van der Waals surface area contributed by atoms with E-state index in [0.717, 1.165) is 36.9 Å². The first-order chi connectivity index (χ1) is 20.5. The van der Waals surface area contributed by atoms with E-state index in [-0.39, 0.29) is 24.1 Å². The Kier molecular flexibility index (Phi) is 8.86. The lowest BCUT2D eigenvalue weighted by atomic mass is 9.64. The number of methoxy groups -OCH3 is 1. The van der Waals surface area contributed by atoms with Crippen LogP contribution in [0.3, 0.4) is 0 Å². The molecule has 1 unspecified atom stereocenters. The van der Waals surface area contributed by atoms with Gasteiger partial charge in [-0.15, -0.1) is 0 Å². The number of H-pyrrole nitrogens is 1. The fourth-order valence-electron chi connectivity index (χ4n) is 8.23. The SMILES string of the molecule is COCCCNC(=O)CC1C[C@H](C(=O)N2CCOCC2)[C@@]2(CCC3CCCC3)c3[nH]c4ccccc4c3CCN2C1=O. The molecule has 2 N–H and O–H groups in total. The number of ether oxygens (including phenoxy) is 2. The van der Waals surface area contributed by atoms with Crippen molar-refractivity contribution in [1.29, 1.82) is 0 Å². The number of carbonyl (C=O) groups is 3. The Hall–Kier alpha value is -2.91. The number of fused-ring (bicyclic) bond motifs is 5. The van der Waals surface area contributed by atoms with Crippen molar-refractivity contribution in [1.82, 2.24) is 20.1 Å². The van der Waals surface area contributed by atoms with Gasteiger partial charge in [-0.05, 0) is 49.7 Å². The molecule has 9 heteroatoms. The summed E-state index contributed by atoms with van der Waals surface area (Å²) in [7, 11) is 1.64. The molecule has 2 aromatic rings. The summed E-state index contributed by atoms with van der Waals surface area (Å²) >= 11 is 0. The van der Waals surface area contributed by atoms with Gasteiger partial charge in [0, 0.05) is 68.8 Å². The summed E-state index contributed by atoms with van der Waals surface area (Å²) in [6.45, 7) is 3.83. The van der Waals surface area contributed by atoms with Crippen LogP contribution in [0.1, 0.15) is 69.0 Å². The zero-order valence-electron chi connectivity index (χ0n) is 25.0. The first-order valence-electron chi connectivity index (χ1n) is 16.1. The average molecular weight is 579 g/mol. The van der Waals surface area contributed by atoms with Gasteiger partial charge in [-0.3, -0.25) is 14.4 Å². The summed E-state index contributed by atoms with van der Waals surface area (Å²) in [5, 5.41) is 4.15. The number of amides is 3. The molecule has 3 aliphatic heterocycles. The number of piperidine rings is 1. The number of benzene rings is 1. The maximum Gasteiger partial charge on any atom is 0.228 e. The van der Waals surface area contributed by atoms with Crippen LogP contribution < -0.4 is 5.32 Å². The van der Waals surface area contributed by atoms with Crippen LogP contribution in [-0.4, -0.2) is 85.6 Å². The Labute approximate surface area is 248 Å². The van der Waals surface area contributed by atoms with E-state index in [1.807, 2.05) is 15.9 Å². The fraction of sp³-hybridized carbons (Fsp3) is 0.667. The topological polar surface area (TPSA) is 104 Å². The number of carbonyl (C=O) groups excluding carboxylic acids is 3. The average Bonchev–Trinajstić information content (AvgIpc) is 3.68. The van der Waals surface area contributed by atoms with Crippen LogP contribution in [0.5, 0.6) is 0 Å². The van der Waals surface area contributed by atoms with Crippen molar-refractivity contribution in [2.45, 2.75) is 69.7 Å². The van der Waals surface area contributed by atoms with Gasteiger partial charge < -0.3 is 29.6 Å². The summed E-state index contributed by atoms with van der Waals surface area (Å²) in [5.74, 6) is -0.339. The lowest BCUT2D eigenvalue weighted by Gasteiger charge is -2.56. The Bertz CT molecular complexity index is 1280. The van der Waals surface area contributed by atoms with Gasteiger partial charge >= 0.3 is 0 Å². The monoisotopic (exact) mass is 578 g/mol. The molecule has 1 saturated carbocycles. The zero-order chi connectivity index (χ0) is 29.1. The van der Waals surface area contributed by atoms with Crippen LogP contribution in [0.15, 0.2) is 24.3 Å². The number of aromatic amines is 1. The molecule has 6 rings (SSSR count). The molecule has 1 aliphatic carbocycles. The van der Waals surface area contributed by atoms with Gasteiger partial charge in [0.15, 0.2) is 0 Å². The van der Waals surface area contributed by atoms with Crippen molar-refractivity contribution in [3.63, 3.8) is 0 Å². The molecule has 1 aromatic carbocycles. The van der Waals surface area contributed by atoms with Crippen molar-refractivity contribution in [2.24, 2.45) is 17.8 Å². The number of morpholine rings is 1. The standard InChI is InChI=1S/C33H46N4O5/c1-41-18-6-14-34-29(38)22-24-21-27(32(40)36-16-19-42-20-17-36)33(13-11-23-7-2-3-8-23)30-26(12-15-37(33)31(24)39)25-9-4-5-10-28(25)35-30/h4-5,9-10,23-24,27,35H,2-3,6-8,11-22H2,1H3,(H,34,38)/t24?,27-,33+/m1/s1. The van der Waals surface area contributed by atoms with Gasteiger partial charge in [0.1, 0.15) is 0 Å². The fourth-order valence-corrected chi connectivity index (χ4v) is 8.23. The van der Waals surface area contributed by atoms with Crippen LogP contribution in [0, 0.1) is 17.8 Å². The molecule has 9 nitrogen and oxygen atoms in total. The van der Waals surface area contributed by atoms with E-state index < -0.39 is 17.4 Å². The normalized spacial score (nSPS) is 26.4. The molecule has 3 fully saturated rings. The second-order valence-electron chi connectivity index (χ2n) is 12.7. The lowest BCUT2D eigenvalue weighted by Crippen LogP contribution is -2.66. The largest absolute Gasteiger partial charge is 0.385 e. The van der Waals surface area contributed by atoms with Gasteiger partial charge in [0.05, 0.1) is 24.7 Å². The third-order valence-electron chi connectivity index (χ3n) is 10.3. The summed E-state index contributed by atoms with van der Waals surface area (Å²) in [6.07, 6.45) is 8.67. The van der Waals surface area contributed by atoms with E-state index in [1.54, 1.807) is 7.11 Å². The van der Waals surface area contributed by atoms with Crippen molar-refractivity contribution in [3.8, 4) is 0 Å². The van der Waals surface area contributed by atoms with E-state index in [1.165, 1.54) is 36.6 Å². The molecular formula is C33H46N4O5. The number of nitrogens with one attached hydrogen (secondary N) is 2. The summed E-state index contributed by atoms with van der Waals surface area (Å²) in [5.41, 5.74) is 2.62. The first kappa shape index (κ1) is 29.2. The van der Waals surface area contributed by atoms with Crippen molar-refractivity contribution in [2.75, 3.05) is 53.1 Å². The molecule has 3 atom stereocenters. The second kappa shape index (κ2) is 12.8. The highest BCUT2D eigenvalue weighted by molar-refractivity contribution is 5.93. The highest BCUT2D eigenvalue weighted by Crippen LogP contribution is 2.53. The molecule has 42 heavy (non-hydrogen) atoms. The molecule has 2 saturated heterocycles. The smallest absolute Gasteiger partial charge is 0.228 e. The highest BCUT2D eigenvalue weighted by atomic mass is 16.5. The van der Waals surface area contributed by atoms with Gasteiger partial charge in [0.2, 0.25) is 17.7 Å². The molecule has 0 spiro atoms. The van der Waals surface area contributed by atoms with Crippen LogP contribution in [0.4, 0.5) is 0 Å². The molecule has 228 valence electrons. The van der Waals surface area contributed by atoms with Gasteiger partial charge in [0.25, 0.3) is 0 Å². The number of nitrogens with zero attached hydrogens (tertiary/aromatic N) is 2. The maximum absolute atomic E-state index is 14.6. The van der Waals surface area contributed by atoms with Crippen LogP contribution >= 0.6 is 0 Å². The molecule has 3 amide bonds. The van der Waals surface area contributed by atoms with E-state index in [4.69, 9.17) is 9.47 Å². The Morgan fingerprint density at radius 1 is 1.14 bits per heavy atom. The summed E-state index contributed by atoms with van der Waals surface area (Å²) < 4.78 is 10.7. The summed E-state index contributed by atoms with van der Waals surface area (Å²) in [6, 6.07) is 8.36. The Balaban J connectivity index is 1.39. The van der Waals surface area contributed by atoms with Gasteiger partial charge in [-0.25, -0.2) is 0 Å². The van der Waals surface area contributed by atoms with Crippen LogP contribution in [0.2, 0.25) is 0 Å². The second-order valence-corrected chi connectivity index (χ2v) is 12.7. The van der Waals surface area contributed by atoms with E-state index in [9.17, 15) is 14.4 Å². The first-order valence-corrected chi connectivity index (χ1v) is 16.1. The van der Waals surface area contributed by atoms with Gasteiger partial charge in [-0.2, -0.15) is 0 Å². The van der Waals surface area contributed by atoms with Gasteiger partial charge in [-0.1, -0.05) is 43.9 Å². The minimum Gasteiger partial charge on any atom is -0.385 e. The maximum atomic E-state index is 14.6. The van der Waals surface area contributed by atoms with E-state index in [0.29, 0.717) is 58.3 Å². The van der Waals surface area contributed by atoms with Crippen molar-refractivity contribution < 1.29 is 23.9 Å². The van der Waals surface area contributed by atoms with Crippen LogP contribution in [0.25, 0.3) is 10.9 Å². The van der Waals surface area contributed by atoms with Crippen molar-refractivity contribution in [3.05, 3.63) is 35.5 Å². The summed E-state index contributed by atoms with van der Waals surface area (Å²) in [4.78, 5) is 49.8. The van der Waals surface area contributed by atoms with Crippen molar-refractivity contribution >= 4 is 28.6 Å². The molecule has 4 aliphatic rings. The third-order valence-corrected chi connectivity index (χ3v) is 10.3. The quantitative estimate of drug-likeness (QED) is 0.418. The Morgan fingerprint density at radius 2 is 1.93 bits per heavy atom. The van der Waals surface area contributed by atoms with Crippen LogP contribution in [-0.2, 0) is 35.8 Å². The number of para-hydroxylation sites is 1. The van der Waals surface area contributed by atoms with E-state index >= 15 is 0 Å². The number of aromatic nitrogens is 1. The minimum absolute atomic E-state index is 0.0174. The molecule has 1 aromatic heterocycles. The zero-order valence-corrected chi connectivity index (χ0v) is 25.0. The predicted molar refractivity (Wildman–Crippen MR) is 160 cm³/mol. The van der Waals surface area contributed by atoms with E-state index in [2.05, 4.69) is 28.5 Å². The number of hydrogen-bond donors (Lipinski definition) is 2. The number of rotatable bonds is 10. The molecule has 0 bridgehead atoms. The number of hydrogen-bond acceptors (Lipinski definition) is 5. The molecular weight excluding hydrogens is 532 g/mol.